The van der Waals surface area contributed by atoms with Crippen LogP contribution in [0.15, 0.2) is 30.5 Å². The van der Waals surface area contributed by atoms with E-state index in [1.807, 2.05) is 0 Å². The van der Waals surface area contributed by atoms with Crippen molar-refractivity contribution in [1.82, 2.24) is 9.55 Å². The van der Waals surface area contributed by atoms with Crippen molar-refractivity contribution in [1.29, 1.82) is 0 Å². The molecule has 0 bridgehead atoms. The predicted octanol–water partition coefficient (Wildman–Crippen LogP) is 1.84. The van der Waals surface area contributed by atoms with E-state index in [2.05, 4.69) is 9.72 Å². The fraction of sp³-hybridized carbons (Fsp3) is 0.167. The standard InChI is InChI=1S/C12H9F3N4O4/c13-12(14,15)23-8-3-1-2-7(4-8)5-18-6-9(19(21)22)17-11(18)10(16)20/h1-4,6H,5H2,(H2,16,20). The van der Waals surface area contributed by atoms with Gasteiger partial charge in [0.2, 0.25) is 0 Å². The van der Waals surface area contributed by atoms with Gasteiger partial charge in [0, 0.05) is 0 Å². The van der Waals surface area contributed by atoms with Gasteiger partial charge in [-0.1, -0.05) is 12.1 Å². The first-order chi connectivity index (χ1) is 10.7. The van der Waals surface area contributed by atoms with E-state index in [1.165, 1.54) is 12.1 Å². The fourth-order valence-electron chi connectivity index (χ4n) is 1.84. The summed E-state index contributed by atoms with van der Waals surface area (Å²) < 4.78 is 41.4. The molecule has 11 heteroatoms. The first kappa shape index (κ1) is 16.3. The molecule has 0 saturated carbocycles. The van der Waals surface area contributed by atoms with Crippen molar-refractivity contribution < 1.29 is 27.6 Å². The van der Waals surface area contributed by atoms with E-state index in [0.717, 1.165) is 22.9 Å². The molecule has 0 radical (unpaired) electrons. The van der Waals surface area contributed by atoms with Crippen LogP contribution >= 0.6 is 0 Å². The maximum Gasteiger partial charge on any atom is 0.573 e. The Bertz CT molecular complexity index is 757. The highest BCUT2D eigenvalue weighted by atomic mass is 19.4. The molecule has 0 aliphatic carbocycles. The molecule has 122 valence electrons. The van der Waals surface area contributed by atoms with E-state index < -0.39 is 28.8 Å². The molecule has 1 aromatic heterocycles. The number of rotatable bonds is 5. The number of hydrogen-bond donors (Lipinski definition) is 1. The SMILES string of the molecule is NC(=O)c1nc([N+](=O)[O-])cn1Cc1cccc(OC(F)(F)F)c1. The van der Waals surface area contributed by atoms with Gasteiger partial charge in [-0.2, -0.15) is 0 Å². The highest BCUT2D eigenvalue weighted by Gasteiger charge is 2.31. The molecule has 2 aromatic rings. The van der Waals surface area contributed by atoms with Crippen LogP contribution in [0.5, 0.6) is 5.75 Å². The van der Waals surface area contributed by atoms with Gasteiger partial charge < -0.3 is 20.6 Å². The summed E-state index contributed by atoms with van der Waals surface area (Å²) in [4.78, 5) is 24.6. The molecule has 23 heavy (non-hydrogen) atoms. The summed E-state index contributed by atoms with van der Waals surface area (Å²) in [5.41, 5.74) is 5.38. The van der Waals surface area contributed by atoms with Gasteiger partial charge >= 0.3 is 23.9 Å². The number of carbonyl (C=O) groups is 1. The zero-order valence-electron chi connectivity index (χ0n) is 11.3. The average molecular weight is 330 g/mol. The lowest BCUT2D eigenvalue weighted by molar-refractivity contribution is -0.389. The molecule has 0 fully saturated rings. The molecule has 1 aromatic carbocycles. The minimum absolute atomic E-state index is 0.145. The Morgan fingerprint density at radius 2 is 2.13 bits per heavy atom. The lowest BCUT2D eigenvalue weighted by Gasteiger charge is -2.10. The number of ether oxygens (including phenoxy) is 1. The Morgan fingerprint density at radius 3 is 2.70 bits per heavy atom. The molecular weight excluding hydrogens is 321 g/mol. The zero-order chi connectivity index (χ0) is 17.2. The predicted molar refractivity (Wildman–Crippen MR) is 69.6 cm³/mol. The lowest BCUT2D eigenvalue weighted by atomic mass is 10.2. The van der Waals surface area contributed by atoms with Crippen LogP contribution in [0.25, 0.3) is 0 Å². The lowest BCUT2D eigenvalue weighted by Crippen LogP contribution is -2.19. The number of imidazole rings is 1. The fourth-order valence-corrected chi connectivity index (χ4v) is 1.84. The minimum atomic E-state index is -4.84. The van der Waals surface area contributed by atoms with Crippen molar-refractivity contribution in [2.24, 2.45) is 5.73 Å². The molecule has 1 amide bonds. The van der Waals surface area contributed by atoms with Crippen molar-refractivity contribution in [3.63, 3.8) is 0 Å². The number of nitrogens with zero attached hydrogens (tertiary/aromatic N) is 3. The van der Waals surface area contributed by atoms with Gasteiger partial charge in [0.15, 0.2) is 0 Å². The average Bonchev–Trinajstić information content (AvgIpc) is 2.81. The molecule has 8 nitrogen and oxygen atoms in total. The third kappa shape index (κ3) is 4.18. The second-order valence-corrected chi connectivity index (χ2v) is 4.37. The van der Waals surface area contributed by atoms with Crippen molar-refractivity contribution >= 4 is 11.7 Å². The van der Waals surface area contributed by atoms with Gasteiger partial charge in [-0.25, -0.2) is 0 Å². The number of aromatic nitrogens is 2. The van der Waals surface area contributed by atoms with E-state index in [1.54, 1.807) is 0 Å². The molecule has 0 unspecified atom stereocenters. The molecule has 0 spiro atoms. The monoisotopic (exact) mass is 330 g/mol. The number of nitrogens with two attached hydrogens (primary N) is 1. The van der Waals surface area contributed by atoms with Crippen LogP contribution in [0.2, 0.25) is 0 Å². The number of primary amides is 1. The van der Waals surface area contributed by atoms with Crippen LogP contribution in [-0.2, 0) is 6.54 Å². The smallest absolute Gasteiger partial charge is 0.406 e. The van der Waals surface area contributed by atoms with Crippen LogP contribution in [-0.4, -0.2) is 26.7 Å². The van der Waals surface area contributed by atoms with Gasteiger partial charge in [0.1, 0.15) is 11.9 Å². The Hall–Kier alpha value is -3.11. The molecule has 0 aliphatic heterocycles. The summed E-state index contributed by atoms with van der Waals surface area (Å²) in [5, 5.41) is 10.7. The topological polar surface area (TPSA) is 113 Å². The maximum absolute atomic E-state index is 12.2. The number of nitro groups is 1. The highest BCUT2D eigenvalue weighted by molar-refractivity contribution is 5.89. The van der Waals surface area contributed by atoms with E-state index in [9.17, 15) is 28.1 Å². The summed E-state index contributed by atoms with van der Waals surface area (Å²) >= 11 is 0. The molecule has 2 rings (SSSR count). The zero-order valence-corrected chi connectivity index (χ0v) is 11.3. The van der Waals surface area contributed by atoms with Crippen LogP contribution < -0.4 is 10.5 Å². The molecule has 0 saturated heterocycles. The molecule has 0 atom stereocenters. The summed E-state index contributed by atoms with van der Waals surface area (Å²) in [6, 6.07) is 4.96. The Kier molecular flexibility index (Phi) is 4.20. The Morgan fingerprint density at radius 1 is 1.43 bits per heavy atom. The minimum Gasteiger partial charge on any atom is -0.406 e. The number of hydrogen-bond acceptors (Lipinski definition) is 5. The molecule has 2 N–H and O–H groups in total. The van der Waals surface area contributed by atoms with Crippen LogP contribution in [0.1, 0.15) is 16.2 Å². The molecule has 0 aliphatic rings. The number of alkyl halides is 3. The van der Waals surface area contributed by atoms with Crippen molar-refractivity contribution in [2.75, 3.05) is 0 Å². The number of carbonyl (C=O) groups excluding carboxylic acids is 1. The largest absolute Gasteiger partial charge is 0.573 e. The highest BCUT2D eigenvalue weighted by Crippen LogP contribution is 2.24. The van der Waals surface area contributed by atoms with Crippen molar-refractivity contribution in [2.45, 2.75) is 12.9 Å². The molecule has 1 heterocycles. The van der Waals surface area contributed by atoms with Gasteiger partial charge in [0.05, 0.1) is 6.54 Å². The summed E-state index contributed by atoms with van der Waals surface area (Å²) in [5.74, 6) is -2.42. The number of benzene rings is 1. The van der Waals surface area contributed by atoms with Crippen molar-refractivity contribution in [3.05, 3.63) is 52.0 Å². The number of amides is 1. The third-order valence-corrected chi connectivity index (χ3v) is 2.66. The van der Waals surface area contributed by atoms with E-state index >= 15 is 0 Å². The summed E-state index contributed by atoms with van der Waals surface area (Å²) in [7, 11) is 0. The van der Waals surface area contributed by atoms with Crippen LogP contribution in [0, 0.1) is 10.1 Å². The van der Waals surface area contributed by atoms with E-state index in [-0.39, 0.29) is 12.4 Å². The normalized spacial score (nSPS) is 11.3. The van der Waals surface area contributed by atoms with Gasteiger partial charge in [-0.05, 0) is 27.6 Å². The van der Waals surface area contributed by atoms with E-state index in [0.29, 0.717) is 5.56 Å². The Labute approximate surface area is 126 Å². The Balaban J connectivity index is 2.30. The van der Waals surface area contributed by atoms with Gasteiger partial charge in [0.25, 0.3) is 0 Å². The second kappa shape index (κ2) is 5.94. The first-order valence-corrected chi connectivity index (χ1v) is 6.02. The molecular formula is C12H9F3N4O4. The third-order valence-electron chi connectivity index (χ3n) is 2.66. The quantitative estimate of drug-likeness (QED) is 0.664. The maximum atomic E-state index is 12.2. The van der Waals surface area contributed by atoms with Crippen LogP contribution in [0.3, 0.4) is 0 Å². The number of halogens is 3. The first-order valence-electron chi connectivity index (χ1n) is 6.02. The second-order valence-electron chi connectivity index (χ2n) is 4.37. The summed E-state index contributed by atoms with van der Waals surface area (Å²) in [6.07, 6.45) is -3.87. The van der Waals surface area contributed by atoms with Crippen LogP contribution in [0.4, 0.5) is 19.0 Å². The van der Waals surface area contributed by atoms with Crippen molar-refractivity contribution in [3.8, 4) is 5.75 Å². The van der Waals surface area contributed by atoms with Gasteiger partial charge in [-0.3, -0.25) is 9.36 Å². The van der Waals surface area contributed by atoms with E-state index in [4.69, 9.17) is 5.73 Å². The summed E-state index contributed by atoms with van der Waals surface area (Å²) in [6.45, 7) is -0.145. The van der Waals surface area contributed by atoms with Gasteiger partial charge in [-0.15, -0.1) is 13.2 Å².